The van der Waals surface area contributed by atoms with E-state index in [0.717, 1.165) is 18.2 Å². The molecule has 1 heterocycles. The summed E-state index contributed by atoms with van der Waals surface area (Å²) in [5, 5.41) is 2.25. The lowest BCUT2D eigenvalue weighted by Gasteiger charge is -2.20. The molecule has 8 nitrogen and oxygen atoms in total. The zero-order valence-electron chi connectivity index (χ0n) is 17.8. The van der Waals surface area contributed by atoms with E-state index in [1.807, 2.05) is 0 Å². The zero-order valence-corrected chi connectivity index (χ0v) is 17.8. The van der Waals surface area contributed by atoms with Gasteiger partial charge in [0.1, 0.15) is 11.5 Å². The number of methoxy groups -OCH3 is 2. The Bertz CT molecular complexity index is 1060. The Morgan fingerprint density at radius 2 is 1.88 bits per heavy atom. The lowest BCUT2D eigenvalue weighted by molar-refractivity contribution is -0.151. The first-order valence-electron chi connectivity index (χ1n) is 9.78. The third-order valence-corrected chi connectivity index (χ3v) is 4.95. The Morgan fingerprint density at radius 1 is 1.12 bits per heavy atom. The van der Waals surface area contributed by atoms with Crippen LogP contribution in [0.25, 0.3) is 0 Å². The number of nitrogens with one attached hydrogen (secondary N) is 1. The molecule has 0 saturated carbocycles. The molecule has 176 valence electrons. The van der Waals surface area contributed by atoms with E-state index in [0.29, 0.717) is 17.2 Å². The van der Waals surface area contributed by atoms with Crippen molar-refractivity contribution in [2.45, 2.75) is 12.6 Å². The molecule has 1 saturated heterocycles. The van der Waals surface area contributed by atoms with Crippen molar-refractivity contribution in [3.05, 3.63) is 48.0 Å². The van der Waals surface area contributed by atoms with Crippen LogP contribution < -0.4 is 19.7 Å². The molecule has 2 aromatic carbocycles. The van der Waals surface area contributed by atoms with Crippen LogP contribution in [0.4, 0.5) is 24.5 Å². The van der Waals surface area contributed by atoms with Gasteiger partial charge in [-0.2, -0.15) is 13.2 Å². The second-order valence-corrected chi connectivity index (χ2v) is 7.18. The minimum absolute atomic E-state index is 0.0104. The SMILES string of the molecule is COc1ccc(OC)c(N2C[C@@H](C(=O)OCC(=O)Nc3cccc(C(F)(F)F)c3)CC2=O)c1. The van der Waals surface area contributed by atoms with Crippen LogP contribution >= 0.6 is 0 Å². The summed E-state index contributed by atoms with van der Waals surface area (Å²) in [5.41, 5.74) is -0.576. The second-order valence-electron chi connectivity index (χ2n) is 7.18. The average Bonchev–Trinajstić information content (AvgIpc) is 3.18. The van der Waals surface area contributed by atoms with Crippen molar-refractivity contribution in [1.82, 2.24) is 0 Å². The summed E-state index contributed by atoms with van der Waals surface area (Å²) in [6.07, 6.45) is -4.69. The molecule has 2 amide bonds. The zero-order chi connectivity index (χ0) is 24.2. The lowest BCUT2D eigenvalue weighted by atomic mass is 10.1. The van der Waals surface area contributed by atoms with Gasteiger partial charge in [0.15, 0.2) is 6.61 Å². The minimum Gasteiger partial charge on any atom is -0.497 e. The van der Waals surface area contributed by atoms with Gasteiger partial charge >= 0.3 is 12.1 Å². The first-order chi connectivity index (χ1) is 15.6. The number of nitrogens with zero attached hydrogens (tertiary/aromatic N) is 1. The molecule has 1 fully saturated rings. The molecule has 2 aromatic rings. The van der Waals surface area contributed by atoms with Crippen molar-refractivity contribution in [2.24, 2.45) is 5.92 Å². The van der Waals surface area contributed by atoms with E-state index in [-0.39, 0.29) is 24.6 Å². The summed E-state index contributed by atoms with van der Waals surface area (Å²) >= 11 is 0. The number of carbonyl (C=O) groups excluding carboxylic acids is 3. The third-order valence-electron chi connectivity index (χ3n) is 4.95. The minimum atomic E-state index is -4.56. The predicted molar refractivity (Wildman–Crippen MR) is 111 cm³/mol. The van der Waals surface area contributed by atoms with E-state index in [9.17, 15) is 27.6 Å². The fourth-order valence-electron chi connectivity index (χ4n) is 3.33. The van der Waals surface area contributed by atoms with E-state index < -0.39 is 36.1 Å². The molecular formula is C22H21F3N2O6. The largest absolute Gasteiger partial charge is 0.497 e. The molecule has 1 N–H and O–H groups in total. The van der Waals surface area contributed by atoms with Crippen LogP contribution in [0.5, 0.6) is 11.5 Å². The average molecular weight is 466 g/mol. The molecule has 0 bridgehead atoms. The summed E-state index contributed by atoms with van der Waals surface area (Å²) in [7, 11) is 2.92. The van der Waals surface area contributed by atoms with E-state index in [4.69, 9.17) is 14.2 Å². The van der Waals surface area contributed by atoms with Crippen LogP contribution in [0.3, 0.4) is 0 Å². The maximum absolute atomic E-state index is 12.8. The number of halogens is 3. The number of alkyl halides is 3. The van der Waals surface area contributed by atoms with Crippen LogP contribution in [0.1, 0.15) is 12.0 Å². The smallest absolute Gasteiger partial charge is 0.416 e. The Labute approximate surface area is 187 Å². The number of amides is 2. The molecule has 11 heteroatoms. The predicted octanol–water partition coefficient (Wildman–Crippen LogP) is 3.26. The van der Waals surface area contributed by atoms with Crippen molar-refractivity contribution in [1.29, 1.82) is 0 Å². The number of benzene rings is 2. The fraction of sp³-hybridized carbons (Fsp3) is 0.318. The van der Waals surface area contributed by atoms with Gasteiger partial charge in [0, 0.05) is 24.7 Å². The molecule has 0 spiro atoms. The molecule has 0 aromatic heterocycles. The third kappa shape index (κ3) is 5.73. The number of esters is 1. The Kier molecular flexibility index (Phi) is 7.10. The molecule has 3 rings (SSSR count). The summed E-state index contributed by atoms with van der Waals surface area (Å²) < 4.78 is 53.8. The quantitative estimate of drug-likeness (QED) is 0.630. The van der Waals surface area contributed by atoms with Gasteiger partial charge in [-0.1, -0.05) is 6.07 Å². The van der Waals surface area contributed by atoms with Crippen molar-refractivity contribution >= 4 is 29.2 Å². The lowest BCUT2D eigenvalue weighted by Crippen LogP contribution is -2.28. The number of hydrogen-bond donors (Lipinski definition) is 1. The van der Waals surface area contributed by atoms with Gasteiger partial charge in [0.25, 0.3) is 5.91 Å². The highest BCUT2D eigenvalue weighted by Gasteiger charge is 2.37. The van der Waals surface area contributed by atoms with Crippen molar-refractivity contribution in [3.63, 3.8) is 0 Å². The van der Waals surface area contributed by atoms with Gasteiger partial charge in [-0.05, 0) is 30.3 Å². The first-order valence-corrected chi connectivity index (χ1v) is 9.78. The van der Waals surface area contributed by atoms with E-state index in [1.54, 1.807) is 18.2 Å². The monoisotopic (exact) mass is 466 g/mol. The molecule has 0 radical (unpaired) electrons. The molecule has 1 atom stereocenters. The van der Waals surface area contributed by atoms with Crippen LogP contribution in [-0.2, 0) is 25.3 Å². The molecule has 0 unspecified atom stereocenters. The van der Waals surface area contributed by atoms with Crippen LogP contribution in [0.2, 0.25) is 0 Å². The summed E-state index contributed by atoms with van der Waals surface area (Å²) in [5.74, 6) is -1.83. The van der Waals surface area contributed by atoms with Crippen molar-refractivity contribution < 1.29 is 41.8 Å². The van der Waals surface area contributed by atoms with Crippen LogP contribution in [-0.4, -0.2) is 45.2 Å². The Morgan fingerprint density at radius 3 is 2.55 bits per heavy atom. The van der Waals surface area contributed by atoms with Gasteiger partial charge in [0.05, 0.1) is 31.4 Å². The van der Waals surface area contributed by atoms with Gasteiger partial charge in [0.2, 0.25) is 5.91 Å². The van der Waals surface area contributed by atoms with Crippen LogP contribution in [0.15, 0.2) is 42.5 Å². The van der Waals surface area contributed by atoms with Gasteiger partial charge < -0.3 is 24.4 Å². The topological polar surface area (TPSA) is 94.2 Å². The Balaban J connectivity index is 1.59. The standard InChI is InChI=1S/C22H21F3N2O6/c1-31-16-6-7-18(32-2)17(10-16)27-11-13(8-20(27)29)21(30)33-12-19(28)26-15-5-3-4-14(9-15)22(23,24)25/h3-7,9-10,13H,8,11-12H2,1-2H3,(H,26,28)/t13-/m0/s1. The summed E-state index contributed by atoms with van der Waals surface area (Å²) in [4.78, 5) is 38.3. The Hall–Kier alpha value is -3.76. The number of rotatable bonds is 7. The highest BCUT2D eigenvalue weighted by molar-refractivity contribution is 6.01. The molecule has 1 aliphatic rings. The van der Waals surface area contributed by atoms with E-state index >= 15 is 0 Å². The summed E-state index contributed by atoms with van der Waals surface area (Å²) in [6.45, 7) is -0.696. The molecule has 0 aliphatic carbocycles. The number of carbonyl (C=O) groups is 3. The van der Waals surface area contributed by atoms with E-state index in [2.05, 4.69) is 5.32 Å². The molecular weight excluding hydrogens is 445 g/mol. The fourth-order valence-corrected chi connectivity index (χ4v) is 3.33. The van der Waals surface area contributed by atoms with Gasteiger partial charge in [-0.25, -0.2) is 0 Å². The molecule has 33 heavy (non-hydrogen) atoms. The highest BCUT2D eigenvalue weighted by atomic mass is 19.4. The second kappa shape index (κ2) is 9.80. The number of hydrogen-bond acceptors (Lipinski definition) is 6. The van der Waals surface area contributed by atoms with Gasteiger partial charge in [-0.3, -0.25) is 14.4 Å². The van der Waals surface area contributed by atoms with E-state index in [1.165, 1.54) is 25.2 Å². The van der Waals surface area contributed by atoms with Crippen LogP contribution in [0, 0.1) is 5.92 Å². The van der Waals surface area contributed by atoms with Crippen molar-refractivity contribution in [2.75, 3.05) is 37.6 Å². The highest BCUT2D eigenvalue weighted by Crippen LogP contribution is 2.36. The normalized spacial score (nSPS) is 15.8. The van der Waals surface area contributed by atoms with Crippen molar-refractivity contribution in [3.8, 4) is 11.5 Å². The van der Waals surface area contributed by atoms with Gasteiger partial charge in [-0.15, -0.1) is 0 Å². The molecule has 1 aliphatic heterocycles. The maximum Gasteiger partial charge on any atom is 0.416 e. The number of anilines is 2. The first kappa shape index (κ1) is 23.9. The maximum atomic E-state index is 12.8. The summed E-state index contributed by atoms with van der Waals surface area (Å²) in [6, 6.07) is 8.97. The number of ether oxygens (including phenoxy) is 3.